The molecule has 0 aliphatic rings. The molecular weight excluding hydrogens is 382 g/mol. The van der Waals surface area contributed by atoms with Crippen LogP contribution in [-0.2, 0) is 0 Å². The van der Waals surface area contributed by atoms with Crippen molar-refractivity contribution in [2.75, 3.05) is 7.11 Å². The first-order chi connectivity index (χ1) is 9.02. The van der Waals surface area contributed by atoms with Crippen molar-refractivity contribution in [2.45, 2.75) is 4.83 Å². The Labute approximate surface area is 126 Å². The van der Waals surface area contributed by atoms with Crippen LogP contribution in [-0.4, -0.2) is 7.11 Å². The van der Waals surface area contributed by atoms with Gasteiger partial charge in [0.15, 0.2) is 0 Å². The van der Waals surface area contributed by atoms with Gasteiger partial charge in [-0.2, -0.15) is 0 Å². The molecular formula is C14H10Br2F2O. The summed E-state index contributed by atoms with van der Waals surface area (Å²) in [6.07, 6.45) is 0. The van der Waals surface area contributed by atoms with Crippen LogP contribution in [0.1, 0.15) is 16.0 Å². The highest BCUT2D eigenvalue weighted by Gasteiger charge is 2.18. The minimum atomic E-state index is -0.349. The van der Waals surface area contributed by atoms with E-state index in [9.17, 15) is 8.78 Å². The normalized spacial score (nSPS) is 12.3. The third-order valence-corrected chi connectivity index (χ3v) is 4.37. The number of hydrogen-bond donors (Lipinski definition) is 0. The van der Waals surface area contributed by atoms with Gasteiger partial charge in [-0.25, -0.2) is 8.78 Å². The van der Waals surface area contributed by atoms with Gasteiger partial charge in [-0.15, -0.1) is 0 Å². The van der Waals surface area contributed by atoms with Crippen molar-refractivity contribution in [3.8, 4) is 5.75 Å². The summed E-state index contributed by atoms with van der Waals surface area (Å²) in [5.41, 5.74) is 1.44. The summed E-state index contributed by atoms with van der Waals surface area (Å²) in [7, 11) is 1.52. The van der Waals surface area contributed by atoms with E-state index < -0.39 is 0 Å². The van der Waals surface area contributed by atoms with E-state index in [0.717, 1.165) is 5.56 Å². The molecule has 1 atom stereocenters. The van der Waals surface area contributed by atoms with Gasteiger partial charge in [-0.1, -0.05) is 37.9 Å². The van der Waals surface area contributed by atoms with Crippen LogP contribution in [0.4, 0.5) is 8.78 Å². The number of hydrogen-bond acceptors (Lipinski definition) is 1. The highest BCUT2D eigenvalue weighted by molar-refractivity contribution is 9.11. The lowest BCUT2D eigenvalue weighted by atomic mass is 10.0. The average molecular weight is 392 g/mol. The van der Waals surface area contributed by atoms with Crippen molar-refractivity contribution < 1.29 is 13.5 Å². The van der Waals surface area contributed by atoms with Gasteiger partial charge in [0.1, 0.15) is 17.4 Å². The molecule has 0 saturated heterocycles. The molecule has 0 amide bonds. The van der Waals surface area contributed by atoms with Crippen molar-refractivity contribution >= 4 is 31.9 Å². The van der Waals surface area contributed by atoms with Gasteiger partial charge in [0, 0.05) is 10.0 Å². The van der Waals surface area contributed by atoms with E-state index in [4.69, 9.17) is 4.74 Å². The lowest BCUT2D eigenvalue weighted by molar-refractivity contribution is 0.409. The first-order valence-corrected chi connectivity index (χ1v) is 7.16. The first kappa shape index (κ1) is 14.5. The molecule has 2 rings (SSSR count). The van der Waals surface area contributed by atoms with Crippen LogP contribution in [0.15, 0.2) is 40.9 Å². The summed E-state index contributed by atoms with van der Waals surface area (Å²) in [6.45, 7) is 0. The Morgan fingerprint density at radius 2 is 1.63 bits per heavy atom. The van der Waals surface area contributed by atoms with Crippen LogP contribution >= 0.6 is 31.9 Å². The summed E-state index contributed by atoms with van der Waals surface area (Å²) < 4.78 is 32.3. The van der Waals surface area contributed by atoms with Gasteiger partial charge in [-0.3, -0.25) is 0 Å². The number of halogens is 4. The molecule has 100 valence electrons. The molecule has 0 aliphatic carbocycles. The number of ether oxygens (including phenoxy) is 1. The minimum Gasteiger partial charge on any atom is -0.496 e. The zero-order valence-electron chi connectivity index (χ0n) is 9.96. The fourth-order valence-electron chi connectivity index (χ4n) is 1.78. The van der Waals surface area contributed by atoms with Gasteiger partial charge in [-0.05, 0) is 35.9 Å². The Balaban J connectivity index is 2.49. The van der Waals surface area contributed by atoms with Crippen molar-refractivity contribution in [2.24, 2.45) is 0 Å². The van der Waals surface area contributed by atoms with E-state index >= 15 is 0 Å². The summed E-state index contributed by atoms with van der Waals surface area (Å²) in [4.78, 5) is -0.298. The zero-order chi connectivity index (χ0) is 14.0. The molecule has 0 N–H and O–H groups in total. The molecule has 0 radical (unpaired) electrons. The maximum atomic E-state index is 13.4. The van der Waals surface area contributed by atoms with Gasteiger partial charge in [0.05, 0.1) is 11.9 Å². The summed E-state index contributed by atoms with van der Waals surface area (Å²) in [5.74, 6) is -0.112. The highest BCUT2D eigenvalue weighted by Crippen LogP contribution is 2.40. The van der Waals surface area contributed by atoms with Crippen LogP contribution in [0.25, 0.3) is 0 Å². The van der Waals surface area contributed by atoms with Crippen LogP contribution in [0.3, 0.4) is 0 Å². The molecule has 0 heterocycles. The SMILES string of the molecule is COc1ccc(F)cc1C(Br)c1ccc(F)cc1Br. The van der Waals surface area contributed by atoms with Crippen molar-refractivity contribution in [1.82, 2.24) is 0 Å². The lowest BCUT2D eigenvalue weighted by Crippen LogP contribution is -1.99. The van der Waals surface area contributed by atoms with Crippen molar-refractivity contribution in [3.05, 3.63) is 63.6 Å². The largest absolute Gasteiger partial charge is 0.496 e. The number of benzene rings is 2. The van der Waals surface area contributed by atoms with Gasteiger partial charge in [0.25, 0.3) is 0 Å². The molecule has 1 unspecified atom stereocenters. The zero-order valence-corrected chi connectivity index (χ0v) is 13.1. The van der Waals surface area contributed by atoms with Crippen molar-refractivity contribution in [1.29, 1.82) is 0 Å². The molecule has 0 bridgehead atoms. The third-order valence-electron chi connectivity index (χ3n) is 2.70. The summed E-state index contributed by atoms with van der Waals surface area (Å²) in [5, 5.41) is 0. The molecule has 0 fully saturated rings. The molecule has 0 aromatic heterocycles. The van der Waals surface area contributed by atoms with Crippen LogP contribution in [0.2, 0.25) is 0 Å². The predicted octanol–water partition coefficient (Wildman–Crippen LogP) is 5.22. The molecule has 5 heteroatoms. The topological polar surface area (TPSA) is 9.23 Å². The Hall–Kier alpha value is -0.940. The second kappa shape index (κ2) is 6.01. The number of alkyl halides is 1. The van der Waals surface area contributed by atoms with E-state index in [0.29, 0.717) is 15.8 Å². The molecule has 0 spiro atoms. The van der Waals surface area contributed by atoms with Crippen molar-refractivity contribution in [3.63, 3.8) is 0 Å². The standard InChI is InChI=1S/C14H10Br2F2O/c1-19-13-5-3-8(17)6-11(13)14(16)10-4-2-9(18)7-12(10)15/h2-7,14H,1H3. The Kier molecular flexibility index (Phi) is 4.58. The first-order valence-electron chi connectivity index (χ1n) is 5.45. The molecule has 2 aromatic carbocycles. The van der Waals surface area contributed by atoms with E-state index in [1.165, 1.54) is 31.4 Å². The quantitative estimate of drug-likeness (QED) is 0.651. The second-order valence-corrected chi connectivity index (χ2v) is 5.68. The fraction of sp³-hybridized carbons (Fsp3) is 0.143. The molecule has 2 aromatic rings. The summed E-state index contributed by atoms with van der Waals surface area (Å²) in [6, 6.07) is 8.67. The van der Waals surface area contributed by atoms with E-state index in [1.54, 1.807) is 12.1 Å². The summed E-state index contributed by atoms with van der Waals surface area (Å²) >= 11 is 6.80. The molecule has 19 heavy (non-hydrogen) atoms. The average Bonchev–Trinajstić information content (AvgIpc) is 2.38. The smallest absolute Gasteiger partial charge is 0.124 e. The third kappa shape index (κ3) is 3.15. The van der Waals surface area contributed by atoms with E-state index in [-0.39, 0.29) is 16.5 Å². The van der Waals surface area contributed by atoms with E-state index in [2.05, 4.69) is 31.9 Å². The maximum absolute atomic E-state index is 13.4. The fourth-order valence-corrected chi connectivity index (χ4v) is 3.42. The maximum Gasteiger partial charge on any atom is 0.124 e. The molecule has 0 saturated carbocycles. The minimum absolute atomic E-state index is 0.298. The second-order valence-electron chi connectivity index (χ2n) is 3.91. The Morgan fingerprint density at radius 1 is 1.00 bits per heavy atom. The van der Waals surface area contributed by atoms with Crippen LogP contribution in [0, 0.1) is 11.6 Å². The highest BCUT2D eigenvalue weighted by atomic mass is 79.9. The predicted molar refractivity (Wildman–Crippen MR) is 77.8 cm³/mol. The molecule has 0 aliphatic heterocycles. The molecule has 1 nitrogen and oxygen atoms in total. The number of rotatable bonds is 3. The Bertz CT molecular complexity index is 602. The monoisotopic (exact) mass is 390 g/mol. The van der Waals surface area contributed by atoms with Gasteiger partial charge in [0.2, 0.25) is 0 Å². The van der Waals surface area contributed by atoms with Crippen LogP contribution in [0.5, 0.6) is 5.75 Å². The number of methoxy groups -OCH3 is 1. The van der Waals surface area contributed by atoms with Gasteiger partial charge < -0.3 is 4.74 Å². The van der Waals surface area contributed by atoms with Gasteiger partial charge >= 0.3 is 0 Å². The Morgan fingerprint density at radius 3 is 2.26 bits per heavy atom. The van der Waals surface area contributed by atoms with Crippen LogP contribution < -0.4 is 4.74 Å². The van der Waals surface area contributed by atoms with E-state index in [1.807, 2.05) is 0 Å². The lowest BCUT2D eigenvalue weighted by Gasteiger charge is -2.16.